The van der Waals surface area contributed by atoms with Crippen molar-refractivity contribution >= 4 is 27.7 Å². The summed E-state index contributed by atoms with van der Waals surface area (Å²) in [5.41, 5.74) is 0.797. The molecule has 2 rings (SSSR count). The van der Waals surface area contributed by atoms with E-state index >= 15 is 0 Å². The summed E-state index contributed by atoms with van der Waals surface area (Å²) < 4.78 is 1.03. The molecule has 0 radical (unpaired) electrons. The van der Waals surface area contributed by atoms with Crippen molar-refractivity contribution in [3.05, 3.63) is 34.3 Å². The smallest absolute Gasteiger partial charge is 0.243 e. The van der Waals surface area contributed by atoms with Crippen molar-refractivity contribution in [2.24, 2.45) is 0 Å². The van der Waals surface area contributed by atoms with E-state index in [1.54, 1.807) is 0 Å². The van der Waals surface area contributed by atoms with Crippen molar-refractivity contribution in [2.45, 2.75) is 44.7 Å². The van der Waals surface area contributed by atoms with Gasteiger partial charge in [0.05, 0.1) is 0 Å². The first-order chi connectivity index (χ1) is 9.35. The zero-order valence-electron chi connectivity index (χ0n) is 11.7. The molecule has 4 nitrogen and oxygen atoms in total. The maximum absolute atomic E-state index is 12.1. The highest BCUT2D eigenvalue weighted by Crippen LogP contribution is 2.18. The van der Waals surface area contributed by atoms with Gasteiger partial charge in [0.15, 0.2) is 0 Å². The summed E-state index contributed by atoms with van der Waals surface area (Å²) in [5, 5.41) is 5.71. The molecule has 1 atom stereocenters. The molecule has 1 heterocycles. The topological polar surface area (TPSA) is 58.2 Å². The fourth-order valence-corrected chi connectivity index (χ4v) is 2.88. The van der Waals surface area contributed by atoms with E-state index in [1.807, 2.05) is 38.1 Å². The first-order valence-electron chi connectivity index (χ1n) is 6.71. The number of rotatable bonds is 4. The minimum absolute atomic E-state index is 0.0463. The second kappa shape index (κ2) is 5.95. The lowest BCUT2D eigenvalue weighted by molar-refractivity contribution is -0.126. The van der Waals surface area contributed by atoms with Crippen LogP contribution in [0.2, 0.25) is 0 Å². The number of nitrogens with one attached hydrogen (secondary N) is 2. The van der Waals surface area contributed by atoms with E-state index in [1.165, 1.54) is 0 Å². The summed E-state index contributed by atoms with van der Waals surface area (Å²) in [4.78, 5) is 23.3. The van der Waals surface area contributed by atoms with Crippen LogP contribution in [0.5, 0.6) is 0 Å². The summed E-state index contributed by atoms with van der Waals surface area (Å²) in [5.74, 6) is -0.147. The van der Waals surface area contributed by atoms with E-state index < -0.39 is 0 Å². The molecule has 1 aromatic carbocycles. The molecule has 0 saturated carbocycles. The number of amides is 2. The van der Waals surface area contributed by atoms with Crippen LogP contribution in [0.15, 0.2) is 28.7 Å². The molecule has 0 bridgehead atoms. The standard InChI is InChI=1S/C15H19BrN2O2/c1-15(2,9-10-4-3-5-11(16)8-10)18-14(20)12-6-7-13(19)17-12/h3-5,8,12H,6-7,9H2,1-2H3,(H,17,19)(H,18,20)/t12-/m1/s1. The first-order valence-corrected chi connectivity index (χ1v) is 7.51. The number of carbonyl (C=O) groups is 2. The van der Waals surface area contributed by atoms with Crippen molar-refractivity contribution in [1.82, 2.24) is 10.6 Å². The van der Waals surface area contributed by atoms with Gasteiger partial charge in [-0.05, 0) is 44.4 Å². The van der Waals surface area contributed by atoms with Crippen molar-refractivity contribution < 1.29 is 9.59 Å². The fraction of sp³-hybridized carbons (Fsp3) is 0.467. The van der Waals surface area contributed by atoms with Gasteiger partial charge in [0.25, 0.3) is 0 Å². The van der Waals surface area contributed by atoms with Crippen LogP contribution in [0.1, 0.15) is 32.3 Å². The van der Waals surface area contributed by atoms with Crippen molar-refractivity contribution in [3.8, 4) is 0 Å². The van der Waals surface area contributed by atoms with E-state index in [0.29, 0.717) is 12.8 Å². The third kappa shape index (κ3) is 4.07. The summed E-state index contributed by atoms with van der Waals surface area (Å²) in [6.07, 6.45) is 1.75. The second-order valence-corrected chi connectivity index (χ2v) is 6.75. The van der Waals surface area contributed by atoms with Gasteiger partial charge >= 0.3 is 0 Å². The highest BCUT2D eigenvalue weighted by molar-refractivity contribution is 9.10. The molecule has 1 aliphatic heterocycles. The minimum Gasteiger partial charge on any atom is -0.349 e. The van der Waals surface area contributed by atoms with Gasteiger partial charge in [0.2, 0.25) is 11.8 Å². The summed E-state index contributed by atoms with van der Waals surface area (Å²) in [6, 6.07) is 7.66. The Morgan fingerprint density at radius 1 is 1.50 bits per heavy atom. The predicted molar refractivity (Wildman–Crippen MR) is 81.2 cm³/mol. The molecule has 0 unspecified atom stereocenters. The van der Waals surface area contributed by atoms with Gasteiger partial charge in [-0.25, -0.2) is 0 Å². The van der Waals surface area contributed by atoms with Gasteiger partial charge in [-0.3, -0.25) is 9.59 Å². The van der Waals surface area contributed by atoms with Gasteiger partial charge < -0.3 is 10.6 Å². The lowest BCUT2D eigenvalue weighted by Crippen LogP contribution is -2.51. The minimum atomic E-state index is -0.385. The van der Waals surface area contributed by atoms with Crippen LogP contribution in [0, 0.1) is 0 Å². The highest BCUT2D eigenvalue weighted by Gasteiger charge is 2.30. The van der Waals surface area contributed by atoms with Crippen molar-refractivity contribution in [3.63, 3.8) is 0 Å². The van der Waals surface area contributed by atoms with E-state index in [9.17, 15) is 9.59 Å². The Balaban J connectivity index is 1.96. The molecule has 108 valence electrons. The normalized spacial score (nSPS) is 18.8. The molecule has 0 aliphatic carbocycles. The number of halogens is 1. The Morgan fingerprint density at radius 2 is 2.25 bits per heavy atom. The molecule has 2 amide bonds. The number of hydrogen-bond acceptors (Lipinski definition) is 2. The summed E-state index contributed by atoms with van der Waals surface area (Å²) in [7, 11) is 0. The summed E-state index contributed by atoms with van der Waals surface area (Å²) in [6.45, 7) is 3.98. The van der Waals surface area contributed by atoms with Crippen LogP contribution in [-0.2, 0) is 16.0 Å². The Morgan fingerprint density at radius 3 is 2.85 bits per heavy atom. The van der Waals surface area contributed by atoms with Crippen LogP contribution in [0.25, 0.3) is 0 Å². The van der Waals surface area contributed by atoms with Crippen LogP contribution in [0.3, 0.4) is 0 Å². The van der Waals surface area contributed by atoms with Crippen LogP contribution in [-0.4, -0.2) is 23.4 Å². The highest BCUT2D eigenvalue weighted by atomic mass is 79.9. The Bertz CT molecular complexity index is 528. The molecule has 2 N–H and O–H groups in total. The molecule has 1 aromatic rings. The zero-order chi connectivity index (χ0) is 14.8. The Hall–Kier alpha value is -1.36. The lowest BCUT2D eigenvalue weighted by Gasteiger charge is -2.28. The number of hydrogen-bond donors (Lipinski definition) is 2. The molecular weight excluding hydrogens is 320 g/mol. The lowest BCUT2D eigenvalue weighted by atomic mass is 9.94. The van der Waals surface area contributed by atoms with Gasteiger partial charge in [0.1, 0.15) is 6.04 Å². The average molecular weight is 339 g/mol. The molecule has 1 saturated heterocycles. The molecule has 0 aromatic heterocycles. The van der Waals surface area contributed by atoms with E-state index in [0.717, 1.165) is 16.5 Å². The maximum atomic E-state index is 12.1. The molecule has 20 heavy (non-hydrogen) atoms. The van der Waals surface area contributed by atoms with Crippen molar-refractivity contribution in [2.75, 3.05) is 0 Å². The van der Waals surface area contributed by atoms with Crippen LogP contribution in [0.4, 0.5) is 0 Å². The second-order valence-electron chi connectivity index (χ2n) is 5.84. The third-order valence-corrected chi connectivity index (χ3v) is 3.80. The van der Waals surface area contributed by atoms with Gasteiger partial charge in [-0.2, -0.15) is 0 Å². The molecular formula is C15H19BrN2O2. The van der Waals surface area contributed by atoms with Gasteiger partial charge in [0, 0.05) is 16.4 Å². The van der Waals surface area contributed by atoms with E-state index in [4.69, 9.17) is 0 Å². The first kappa shape index (κ1) is 15.0. The van der Waals surface area contributed by atoms with Gasteiger partial charge in [-0.15, -0.1) is 0 Å². The SMILES string of the molecule is CC(C)(Cc1cccc(Br)c1)NC(=O)[C@H]1CCC(=O)N1. The maximum Gasteiger partial charge on any atom is 0.243 e. The fourth-order valence-electron chi connectivity index (χ4n) is 2.43. The average Bonchev–Trinajstić information content (AvgIpc) is 2.74. The largest absolute Gasteiger partial charge is 0.349 e. The monoisotopic (exact) mass is 338 g/mol. The quantitative estimate of drug-likeness (QED) is 0.883. The Kier molecular flexibility index (Phi) is 4.48. The van der Waals surface area contributed by atoms with E-state index in [2.05, 4.69) is 26.6 Å². The molecule has 0 spiro atoms. The number of benzene rings is 1. The van der Waals surface area contributed by atoms with Crippen LogP contribution >= 0.6 is 15.9 Å². The summed E-state index contributed by atoms with van der Waals surface area (Å²) >= 11 is 3.45. The zero-order valence-corrected chi connectivity index (χ0v) is 13.3. The Labute approximate surface area is 127 Å². The molecule has 5 heteroatoms. The van der Waals surface area contributed by atoms with Crippen LogP contribution < -0.4 is 10.6 Å². The molecule has 1 fully saturated rings. The van der Waals surface area contributed by atoms with Crippen molar-refractivity contribution in [1.29, 1.82) is 0 Å². The van der Waals surface area contributed by atoms with Gasteiger partial charge in [-0.1, -0.05) is 28.1 Å². The predicted octanol–water partition coefficient (Wildman–Crippen LogP) is 2.17. The number of carbonyl (C=O) groups excluding carboxylic acids is 2. The van der Waals surface area contributed by atoms with E-state index in [-0.39, 0.29) is 23.4 Å². The molecule has 1 aliphatic rings. The third-order valence-electron chi connectivity index (χ3n) is 3.31.